The number of hydrogen-bond acceptors (Lipinski definition) is 6. The summed E-state index contributed by atoms with van der Waals surface area (Å²) in [4.78, 5) is 3.88. The smallest absolute Gasteiger partial charge is 0.260 e. The van der Waals surface area contributed by atoms with Crippen molar-refractivity contribution in [3.05, 3.63) is 18.3 Å². The number of sulfonamides is 1. The first-order valence-corrected chi connectivity index (χ1v) is 10.0. The fourth-order valence-corrected chi connectivity index (χ4v) is 3.51. The van der Waals surface area contributed by atoms with E-state index in [4.69, 9.17) is 0 Å². The fraction of sp³-hybridized carbons (Fsp3) is 0.583. The fourth-order valence-electron chi connectivity index (χ4n) is 1.54. The van der Waals surface area contributed by atoms with Gasteiger partial charge in [-0.2, -0.15) is 0 Å². The predicted molar refractivity (Wildman–Crippen MR) is 82.5 cm³/mol. The largest absolute Gasteiger partial charge is 0.383 e. The van der Waals surface area contributed by atoms with E-state index in [1.807, 2.05) is 6.92 Å². The van der Waals surface area contributed by atoms with Gasteiger partial charge in [-0.3, -0.25) is 0 Å². The third kappa shape index (κ3) is 5.60. The molecule has 0 aromatic carbocycles. The monoisotopic (exact) mass is 335 g/mol. The highest BCUT2D eigenvalue weighted by Gasteiger charge is 2.20. The number of hydrogen-bond donors (Lipinski definition) is 2. The average molecular weight is 335 g/mol. The molecule has 2 N–H and O–H groups in total. The zero-order chi connectivity index (χ0) is 15.9. The molecule has 9 heteroatoms. The van der Waals surface area contributed by atoms with E-state index in [-0.39, 0.29) is 23.1 Å². The first-order chi connectivity index (χ1) is 9.82. The van der Waals surface area contributed by atoms with Gasteiger partial charge < -0.3 is 5.32 Å². The molecule has 0 aliphatic heterocycles. The molecule has 21 heavy (non-hydrogen) atoms. The van der Waals surface area contributed by atoms with Crippen LogP contribution in [0.2, 0.25) is 0 Å². The van der Waals surface area contributed by atoms with Crippen molar-refractivity contribution >= 4 is 25.5 Å². The standard InChI is InChI=1S/C12H21N3O4S2/c1-3-7-13-11-6-5-8-14-12(11)21(18,19)15-9-10-20(16,17)4-2/h5-6,8,13,15H,3-4,7,9-10H2,1-2H3. The van der Waals surface area contributed by atoms with Crippen molar-refractivity contribution in [3.63, 3.8) is 0 Å². The van der Waals surface area contributed by atoms with Crippen LogP contribution in [0.5, 0.6) is 0 Å². The van der Waals surface area contributed by atoms with Crippen molar-refractivity contribution in [1.29, 1.82) is 0 Å². The minimum absolute atomic E-state index is 0.0123. The van der Waals surface area contributed by atoms with Crippen molar-refractivity contribution in [2.24, 2.45) is 0 Å². The summed E-state index contributed by atoms with van der Waals surface area (Å²) in [7, 11) is -7.05. The molecular weight excluding hydrogens is 314 g/mol. The SMILES string of the molecule is CCCNc1cccnc1S(=O)(=O)NCCS(=O)(=O)CC. The van der Waals surface area contributed by atoms with Gasteiger partial charge in [0.05, 0.1) is 11.4 Å². The molecule has 1 heterocycles. The van der Waals surface area contributed by atoms with Crippen molar-refractivity contribution < 1.29 is 16.8 Å². The Morgan fingerprint density at radius 1 is 1.14 bits per heavy atom. The van der Waals surface area contributed by atoms with Crippen molar-refractivity contribution in [2.75, 3.05) is 29.9 Å². The molecule has 0 fully saturated rings. The van der Waals surface area contributed by atoms with Crippen molar-refractivity contribution in [3.8, 4) is 0 Å². The molecule has 0 saturated carbocycles. The van der Waals surface area contributed by atoms with Gasteiger partial charge in [-0.25, -0.2) is 26.5 Å². The van der Waals surface area contributed by atoms with Crippen molar-refractivity contribution in [2.45, 2.75) is 25.3 Å². The lowest BCUT2D eigenvalue weighted by molar-refractivity contribution is 0.578. The summed E-state index contributed by atoms with van der Waals surface area (Å²) in [5.41, 5.74) is 0.408. The van der Waals surface area contributed by atoms with Crippen LogP contribution in [0.1, 0.15) is 20.3 Å². The second-order valence-corrected chi connectivity index (χ2v) is 8.57. The Morgan fingerprint density at radius 2 is 1.86 bits per heavy atom. The summed E-state index contributed by atoms with van der Waals surface area (Å²) in [5.74, 6) is -0.241. The average Bonchev–Trinajstić information content (AvgIpc) is 2.45. The Labute approximate surface area is 126 Å². The van der Waals surface area contributed by atoms with E-state index >= 15 is 0 Å². The number of anilines is 1. The van der Waals surface area contributed by atoms with Crippen LogP contribution >= 0.6 is 0 Å². The maximum atomic E-state index is 12.2. The van der Waals surface area contributed by atoms with E-state index < -0.39 is 19.9 Å². The Balaban J connectivity index is 2.83. The third-order valence-corrected chi connectivity index (χ3v) is 5.86. The van der Waals surface area contributed by atoms with E-state index in [0.29, 0.717) is 12.2 Å². The van der Waals surface area contributed by atoms with Gasteiger partial charge in [0.1, 0.15) is 0 Å². The summed E-state index contributed by atoms with van der Waals surface area (Å²) in [6.07, 6.45) is 2.23. The molecule has 0 aliphatic rings. The van der Waals surface area contributed by atoms with E-state index in [1.54, 1.807) is 12.1 Å². The topological polar surface area (TPSA) is 105 Å². The van der Waals surface area contributed by atoms with Crippen LogP contribution in [0.3, 0.4) is 0 Å². The van der Waals surface area contributed by atoms with Gasteiger partial charge in [-0.05, 0) is 18.6 Å². The zero-order valence-electron chi connectivity index (χ0n) is 12.2. The molecule has 0 bridgehead atoms. The molecule has 1 aromatic heterocycles. The van der Waals surface area contributed by atoms with Gasteiger partial charge in [0.2, 0.25) is 0 Å². The van der Waals surface area contributed by atoms with Crippen LogP contribution < -0.4 is 10.0 Å². The van der Waals surface area contributed by atoms with Gasteiger partial charge in [-0.15, -0.1) is 0 Å². The maximum Gasteiger partial charge on any atom is 0.260 e. The Kier molecular flexibility index (Phi) is 6.56. The number of nitrogens with zero attached hydrogens (tertiary/aromatic N) is 1. The maximum absolute atomic E-state index is 12.2. The number of rotatable bonds is 9. The lowest BCUT2D eigenvalue weighted by Crippen LogP contribution is -2.30. The van der Waals surface area contributed by atoms with Gasteiger partial charge in [0.15, 0.2) is 14.9 Å². The van der Waals surface area contributed by atoms with Gasteiger partial charge in [0.25, 0.3) is 10.0 Å². The van der Waals surface area contributed by atoms with Crippen LogP contribution in [-0.2, 0) is 19.9 Å². The number of pyridine rings is 1. The second kappa shape index (κ2) is 7.71. The highest BCUT2D eigenvalue weighted by molar-refractivity contribution is 7.91. The highest BCUT2D eigenvalue weighted by atomic mass is 32.2. The molecule has 120 valence electrons. The van der Waals surface area contributed by atoms with E-state index in [1.165, 1.54) is 13.1 Å². The van der Waals surface area contributed by atoms with Gasteiger partial charge in [-0.1, -0.05) is 13.8 Å². The van der Waals surface area contributed by atoms with E-state index in [9.17, 15) is 16.8 Å². The van der Waals surface area contributed by atoms with Crippen molar-refractivity contribution in [1.82, 2.24) is 9.71 Å². The minimum Gasteiger partial charge on any atom is -0.383 e. The van der Waals surface area contributed by atoms with E-state index in [2.05, 4.69) is 15.0 Å². The number of aromatic nitrogens is 1. The molecule has 0 atom stereocenters. The van der Waals surface area contributed by atoms with Crippen LogP contribution in [0, 0.1) is 0 Å². The lowest BCUT2D eigenvalue weighted by atomic mass is 10.4. The Morgan fingerprint density at radius 3 is 2.48 bits per heavy atom. The molecule has 0 radical (unpaired) electrons. The molecule has 0 unspecified atom stereocenters. The summed E-state index contributed by atoms with van der Waals surface area (Å²) < 4.78 is 49.4. The number of nitrogens with one attached hydrogen (secondary N) is 2. The van der Waals surface area contributed by atoms with Crippen LogP contribution in [0.15, 0.2) is 23.4 Å². The summed E-state index contributed by atoms with van der Waals surface area (Å²) >= 11 is 0. The molecule has 0 aliphatic carbocycles. The Bertz CT molecular complexity index is 657. The third-order valence-electron chi connectivity index (χ3n) is 2.74. The highest BCUT2D eigenvalue weighted by Crippen LogP contribution is 2.17. The lowest BCUT2D eigenvalue weighted by Gasteiger charge is -2.11. The second-order valence-electron chi connectivity index (χ2n) is 4.42. The molecule has 7 nitrogen and oxygen atoms in total. The predicted octanol–water partition coefficient (Wildman–Crippen LogP) is 0.616. The van der Waals surface area contributed by atoms with Crippen LogP contribution in [0.4, 0.5) is 5.69 Å². The first kappa shape index (κ1) is 17.9. The molecule has 1 aromatic rings. The zero-order valence-corrected chi connectivity index (χ0v) is 13.8. The molecule has 1 rings (SSSR count). The molecular formula is C12H21N3O4S2. The minimum atomic E-state index is -3.84. The normalized spacial score (nSPS) is 12.3. The summed E-state index contributed by atoms with van der Waals surface area (Å²) in [6, 6.07) is 3.26. The van der Waals surface area contributed by atoms with E-state index in [0.717, 1.165) is 6.42 Å². The number of sulfone groups is 1. The molecule has 0 spiro atoms. The van der Waals surface area contributed by atoms with Gasteiger partial charge in [0, 0.05) is 25.0 Å². The van der Waals surface area contributed by atoms with Crippen LogP contribution in [0.25, 0.3) is 0 Å². The summed E-state index contributed by atoms with van der Waals surface area (Å²) in [6.45, 7) is 3.95. The summed E-state index contributed by atoms with van der Waals surface area (Å²) in [5, 5.41) is 2.87. The Hall–Kier alpha value is -1.19. The van der Waals surface area contributed by atoms with Crippen LogP contribution in [-0.4, -0.2) is 46.4 Å². The quantitative estimate of drug-likeness (QED) is 0.685. The van der Waals surface area contributed by atoms with Gasteiger partial charge >= 0.3 is 0 Å². The first-order valence-electron chi connectivity index (χ1n) is 6.71. The molecule has 0 saturated heterocycles. The molecule has 0 amide bonds.